The Balaban J connectivity index is 1.81. The molecule has 4 rings (SSSR count). The molecule has 0 bridgehead atoms. The summed E-state index contributed by atoms with van der Waals surface area (Å²) < 4.78 is 0. The minimum Gasteiger partial charge on any atom is -0.505 e. The molecular weight excluding hydrogens is 393 g/mol. The number of nitrogen functional groups attached to an aromatic ring is 1. The van der Waals surface area contributed by atoms with E-state index in [0.717, 1.165) is 16.8 Å². The van der Waals surface area contributed by atoms with Crippen LogP contribution in [0.25, 0.3) is 22.9 Å². The summed E-state index contributed by atoms with van der Waals surface area (Å²) in [6, 6.07) is 8.69. The molecule has 1 aromatic heterocycles. The number of hydrogen-bond acceptors (Lipinski definition) is 5. The molecule has 0 fully saturated rings. The lowest BCUT2D eigenvalue weighted by molar-refractivity contribution is -0.110. The number of anilines is 2. The molecule has 26 heavy (non-hydrogen) atoms. The maximum Gasteiger partial charge on any atom is 0.256 e. The quantitative estimate of drug-likeness (QED) is 0.531. The van der Waals surface area contributed by atoms with Crippen molar-refractivity contribution in [3.63, 3.8) is 0 Å². The van der Waals surface area contributed by atoms with Gasteiger partial charge in [0, 0.05) is 27.8 Å². The smallest absolute Gasteiger partial charge is 0.256 e. The number of aromatic nitrogens is 1. The topological polar surface area (TPSA) is 88.2 Å². The van der Waals surface area contributed by atoms with E-state index in [1.807, 2.05) is 23.6 Å². The van der Waals surface area contributed by atoms with E-state index in [2.05, 4.69) is 10.3 Å². The Hall–Kier alpha value is -2.54. The van der Waals surface area contributed by atoms with E-state index in [1.165, 1.54) is 11.3 Å². The molecule has 1 aliphatic heterocycles. The molecule has 1 aliphatic rings. The molecule has 0 saturated carbocycles. The van der Waals surface area contributed by atoms with Gasteiger partial charge in [0.1, 0.15) is 0 Å². The molecule has 0 spiro atoms. The number of carbonyl (C=O) groups excluding carboxylic acids is 1. The molecule has 2 heterocycles. The Morgan fingerprint density at radius 1 is 1.19 bits per heavy atom. The van der Waals surface area contributed by atoms with E-state index in [1.54, 1.807) is 18.2 Å². The molecule has 4 N–H and O–H groups in total. The van der Waals surface area contributed by atoms with Crippen LogP contribution in [0, 0.1) is 0 Å². The van der Waals surface area contributed by atoms with Gasteiger partial charge >= 0.3 is 0 Å². The third-order valence-corrected chi connectivity index (χ3v) is 5.22. The summed E-state index contributed by atoms with van der Waals surface area (Å²) in [5.41, 5.74) is 9.87. The van der Waals surface area contributed by atoms with E-state index in [-0.39, 0.29) is 21.7 Å². The van der Waals surface area contributed by atoms with Crippen molar-refractivity contribution in [1.29, 1.82) is 0 Å². The monoisotopic (exact) mass is 403 g/mol. The lowest BCUT2D eigenvalue weighted by Crippen LogP contribution is -2.03. The number of phenols is 1. The second-order valence-corrected chi connectivity index (χ2v) is 7.38. The summed E-state index contributed by atoms with van der Waals surface area (Å²) in [4.78, 5) is 16.7. The fraction of sp³-hybridized carbons (Fsp3) is 0. The van der Waals surface area contributed by atoms with Crippen LogP contribution in [-0.4, -0.2) is 16.0 Å². The number of hydrogen-bond donors (Lipinski definition) is 3. The van der Waals surface area contributed by atoms with Crippen LogP contribution in [0.1, 0.15) is 11.1 Å². The van der Waals surface area contributed by atoms with Crippen LogP contribution >= 0.6 is 34.5 Å². The van der Waals surface area contributed by atoms with Crippen LogP contribution in [0.5, 0.6) is 5.75 Å². The fourth-order valence-electron chi connectivity index (χ4n) is 2.75. The molecule has 3 aromatic rings. The summed E-state index contributed by atoms with van der Waals surface area (Å²) in [6.45, 7) is 0. The van der Waals surface area contributed by atoms with E-state index in [9.17, 15) is 9.90 Å². The second-order valence-electron chi connectivity index (χ2n) is 5.68. The summed E-state index contributed by atoms with van der Waals surface area (Å²) in [6.07, 6.45) is 1.68. The Morgan fingerprint density at radius 3 is 2.58 bits per heavy atom. The molecule has 0 unspecified atom stereocenters. The molecule has 0 aliphatic carbocycles. The van der Waals surface area contributed by atoms with Gasteiger partial charge in [-0.05, 0) is 35.9 Å². The van der Waals surface area contributed by atoms with Crippen LogP contribution in [0.4, 0.5) is 10.8 Å². The van der Waals surface area contributed by atoms with Crippen LogP contribution in [0.15, 0.2) is 35.7 Å². The predicted molar refractivity (Wildman–Crippen MR) is 107 cm³/mol. The predicted octanol–water partition coefficient (Wildman–Crippen LogP) is 4.90. The zero-order valence-electron chi connectivity index (χ0n) is 13.1. The number of aromatic hydroxyl groups is 1. The second kappa shape index (κ2) is 6.32. The van der Waals surface area contributed by atoms with Crippen molar-refractivity contribution in [3.05, 3.63) is 56.9 Å². The zero-order chi connectivity index (χ0) is 18.4. The molecule has 0 radical (unpaired) electrons. The number of amides is 1. The van der Waals surface area contributed by atoms with Gasteiger partial charge in [0.05, 0.1) is 15.7 Å². The summed E-state index contributed by atoms with van der Waals surface area (Å²) in [5.74, 6) is -0.412. The number of thiazole rings is 1. The number of nitrogens with two attached hydrogens (primary N) is 1. The van der Waals surface area contributed by atoms with Gasteiger partial charge < -0.3 is 16.2 Å². The summed E-state index contributed by atoms with van der Waals surface area (Å²) in [7, 11) is 0. The highest BCUT2D eigenvalue weighted by Crippen LogP contribution is 2.38. The van der Waals surface area contributed by atoms with Crippen LogP contribution < -0.4 is 11.1 Å². The number of carbonyl (C=O) groups is 1. The van der Waals surface area contributed by atoms with Crippen molar-refractivity contribution in [2.75, 3.05) is 11.1 Å². The molecule has 2 aromatic carbocycles. The third-order valence-electron chi connectivity index (χ3n) is 3.97. The fourth-order valence-corrected chi connectivity index (χ4v) is 3.82. The van der Waals surface area contributed by atoms with Gasteiger partial charge in [-0.1, -0.05) is 29.3 Å². The first-order chi connectivity index (χ1) is 12.4. The first kappa shape index (κ1) is 16.9. The number of nitrogens with zero attached hydrogens (tertiary/aromatic N) is 1. The van der Waals surface area contributed by atoms with Crippen molar-refractivity contribution in [2.45, 2.75) is 0 Å². The number of phenolic OH excluding ortho intramolecular Hbond substituents is 1. The van der Waals surface area contributed by atoms with Crippen LogP contribution in [-0.2, 0) is 4.79 Å². The zero-order valence-corrected chi connectivity index (χ0v) is 15.4. The SMILES string of the molecule is Nc1nc(-c2ccc3c(c2)C(=Cc2cc(Cl)c(O)c(Cl)c2)C(=O)N3)cs1. The van der Waals surface area contributed by atoms with E-state index in [4.69, 9.17) is 28.9 Å². The van der Waals surface area contributed by atoms with Crippen LogP contribution in [0.2, 0.25) is 10.0 Å². The third kappa shape index (κ3) is 2.92. The molecular formula is C18H11Cl2N3O2S. The average molecular weight is 404 g/mol. The Bertz CT molecular complexity index is 1070. The van der Waals surface area contributed by atoms with E-state index in [0.29, 0.717) is 22.0 Å². The van der Waals surface area contributed by atoms with Gasteiger partial charge in [0.25, 0.3) is 5.91 Å². The molecule has 0 atom stereocenters. The van der Waals surface area contributed by atoms with Crippen molar-refractivity contribution in [1.82, 2.24) is 4.98 Å². The van der Waals surface area contributed by atoms with Crippen molar-refractivity contribution < 1.29 is 9.90 Å². The van der Waals surface area contributed by atoms with Crippen molar-refractivity contribution in [3.8, 4) is 17.0 Å². The van der Waals surface area contributed by atoms with E-state index >= 15 is 0 Å². The van der Waals surface area contributed by atoms with Gasteiger partial charge in [0.15, 0.2) is 10.9 Å². The summed E-state index contributed by atoms with van der Waals surface area (Å²) >= 11 is 13.3. The number of halogens is 2. The maximum absolute atomic E-state index is 12.4. The molecule has 0 saturated heterocycles. The number of rotatable bonds is 2. The van der Waals surface area contributed by atoms with Gasteiger partial charge in [-0.25, -0.2) is 4.98 Å². The first-order valence-electron chi connectivity index (χ1n) is 7.49. The van der Waals surface area contributed by atoms with Gasteiger partial charge in [0.2, 0.25) is 0 Å². The highest BCUT2D eigenvalue weighted by Gasteiger charge is 2.25. The number of benzene rings is 2. The van der Waals surface area contributed by atoms with Crippen LogP contribution in [0.3, 0.4) is 0 Å². The normalized spacial score (nSPS) is 14.5. The Labute approximate surface area is 162 Å². The molecule has 5 nitrogen and oxygen atoms in total. The van der Waals surface area contributed by atoms with Crippen molar-refractivity contribution >= 4 is 62.9 Å². The van der Waals surface area contributed by atoms with Gasteiger partial charge in [-0.3, -0.25) is 4.79 Å². The minimum atomic E-state index is -0.227. The summed E-state index contributed by atoms with van der Waals surface area (Å²) in [5, 5.41) is 15.1. The highest BCUT2D eigenvalue weighted by atomic mass is 35.5. The molecule has 130 valence electrons. The van der Waals surface area contributed by atoms with E-state index < -0.39 is 0 Å². The number of fused-ring (bicyclic) bond motifs is 1. The standard InChI is InChI=1S/C18H11Cl2N3O2S/c19-12-4-8(5-13(20)16(12)24)3-11-10-6-9(15-7-26-18(21)23-15)1-2-14(10)22-17(11)25/h1-7,24H,(H2,21,23)(H,22,25). The Kier molecular flexibility index (Phi) is 4.11. The molecule has 8 heteroatoms. The lowest BCUT2D eigenvalue weighted by atomic mass is 10.0. The maximum atomic E-state index is 12.4. The Morgan fingerprint density at radius 2 is 1.92 bits per heavy atom. The first-order valence-corrected chi connectivity index (χ1v) is 9.13. The number of nitrogens with one attached hydrogen (secondary N) is 1. The molecule has 1 amide bonds. The van der Waals surface area contributed by atoms with Gasteiger partial charge in [-0.2, -0.15) is 0 Å². The largest absolute Gasteiger partial charge is 0.505 e. The van der Waals surface area contributed by atoms with Crippen molar-refractivity contribution in [2.24, 2.45) is 0 Å². The minimum absolute atomic E-state index is 0.120. The van der Waals surface area contributed by atoms with Gasteiger partial charge in [-0.15, -0.1) is 11.3 Å². The lowest BCUT2D eigenvalue weighted by Gasteiger charge is -2.04. The highest BCUT2D eigenvalue weighted by molar-refractivity contribution is 7.13. The average Bonchev–Trinajstić information content (AvgIpc) is 3.16.